The highest BCUT2D eigenvalue weighted by molar-refractivity contribution is 5.80. The number of hydrogen-bond donors (Lipinski definition) is 0. The highest BCUT2D eigenvalue weighted by Gasteiger charge is 2.41. The van der Waals surface area contributed by atoms with Crippen molar-refractivity contribution in [1.29, 1.82) is 0 Å². The first-order valence-electron chi connectivity index (χ1n) is 6.09. The number of halogens is 1. The number of alkyl halides is 1. The van der Waals surface area contributed by atoms with Crippen molar-refractivity contribution >= 4 is 5.91 Å². The van der Waals surface area contributed by atoms with Gasteiger partial charge in [0.1, 0.15) is 0 Å². The number of ether oxygens (including phenoxy) is 1. The molecule has 4 heteroatoms. The van der Waals surface area contributed by atoms with E-state index in [4.69, 9.17) is 4.74 Å². The van der Waals surface area contributed by atoms with E-state index in [1.807, 2.05) is 0 Å². The lowest BCUT2D eigenvalue weighted by molar-refractivity contribution is -0.145. The standard InChI is InChI=1S/C12H20FNO2/c1-8(2)11-10(3-4-16-11)12(15)14-6-9(5-13)7-14/h8-11H,3-7H2,1-2H3/t10-,11+/m1/s1. The summed E-state index contributed by atoms with van der Waals surface area (Å²) in [7, 11) is 0. The third-order valence-electron chi connectivity index (χ3n) is 3.60. The minimum absolute atomic E-state index is 0.000520. The Morgan fingerprint density at radius 1 is 1.50 bits per heavy atom. The molecule has 2 aliphatic heterocycles. The molecular weight excluding hydrogens is 209 g/mol. The molecule has 3 nitrogen and oxygen atoms in total. The lowest BCUT2D eigenvalue weighted by atomic mass is 9.89. The smallest absolute Gasteiger partial charge is 0.228 e. The molecule has 2 fully saturated rings. The summed E-state index contributed by atoms with van der Waals surface area (Å²) < 4.78 is 17.9. The van der Waals surface area contributed by atoms with Crippen LogP contribution in [0, 0.1) is 17.8 Å². The van der Waals surface area contributed by atoms with Gasteiger partial charge in [-0.25, -0.2) is 0 Å². The van der Waals surface area contributed by atoms with Crippen LogP contribution >= 0.6 is 0 Å². The van der Waals surface area contributed by atoms with Crippen molar-refractivity contribution in [2.75, 3.05) is 26.4 Å². The van der Waals surface area contributed by atoms with Gasteiger partial charge in [-0.2, -0.15) is 0 Å². The van der Waals surface area contributed by atoms with Crippen molar-refractivity contribution in [1.82, 2.24) is 4.90 Å². The molecule has 2 heterocycles. The van der Waals surface area contributed by atoms with Gasteiger partial charge in [0.25, 0.3) is 0 Å². The van der Waals surface area contributed by atoms with E-state index in [9.17, 15) is 9.18 Å². The average molecular weight is 229 g/mol. The molecule has 2 rings (SSSR count). The van der Waals surface area contributed by atoms with Crippen LogP contribution in [0.2, 0.25) is 0 Å². The minimum atomic E-state index is -0.307. The summed E-state index contributed by atoms with van der Waals surface area (Å²) in [4.78, 5) is 13.9. The first-order valence-corrected chi connectivity index (χ1v) is 6.09. The Hall–Kier alpha value is -0.640. The zero-order valence-corrected chi connectivity index (χ0v) is 9.99. The van der Waals surface area contributed by atoms with E-state index < -0.39 is 0 Å². The first kappa shape index (κ1) is 11.8. The Kier molecular flexibility index (Phi) is 3.47. The van der Waals surface area contributed by atoms with E-state index in [1.54, 1.807) is 4.90 Å². The van der Waals surface area contributed by atoms with Crippen molar-refractivity contribution in [3.8, 4) is 0 Å². The Labute approximate surface area is 95.9 Å². The summed E-state index contributed by atoms with van der Waals surface area (Å²) in [6, 6.07) is 0. The van der Waals surface area contributed by atoms with Gasteiger partial charge in [-0.05, 0) is 12.3 Å². The summed E-state index contributed by atoms with van der Waals surface area (Å²) in [5.41, 5.74) is 0. The number of hydrogen-bond acceptors (Lipinski definition) is 2. The number of likely N-dealkylation sites (tertiary alicyclic amines) is 1. The zero-order chi connectivity index (χ0) is 11.7. The average Bonchev–Trinajstić information content (AvgIpc) is 2.63. The molecule has 2 aliphatic rings. The summed E-state index contributed by atoms with van der Waals surface area (Å²) in [5, 5.41) is 0. The van der Waals surface area contributed by atoms with Crippen LogP contribution in [-0.4, -0.2) is 43.3 Å². The number of nitrogens with zero attached hydrogens (tertiary/aromatic N) is 1. The molecule has 0 radical (unpaired) electrons. The number of amides is 1. The molecule has 0 aliphatic carbocycles. The van der Waals surface area contributed by atoms with Gasteiger partial charge in [0.05, 0.1) is 18.7 Å². The Bertz CT molecular complexity index is 264. The fourth-order valence-electron chi connectivity index (χ4n) is 2.61. The molecule has 0 bridgehead atoms. The van der Waals surface area contributed by atoms with Crippen molar-refractivity contribution in [2.45, 2.75) is 26.4 Å². The maximum Gasteiger partial charge on any atom is 0.228 e. The monoisotopic (exact) mass is 229 g/mol. The van der Waals surface area contributed by atoms with Crippen LogP contribution in [-0.2, 0) is 9.53 Å². The predicted octanol–water partition coefficient (Wildman–Crippen LogP) is 1.48. The normalized spacial score (nSPS) is 30.9. The second-order valence-electron chi connectivity index (χ2n) is 5.24. The maximum atomic E-state index is 12.3. The Morgan fingerprint density at radius 3 is 2.75 bits per heavy atom. The molecule has 92 valence electrons. The van der Waals surface area contributed by atoms with Crippen LogP contribution in [0.5, 0.6) is 0 Å². The molecule has 2 atom stereocenters. The van der Waals surface area contributed by atoms with Gasteiger partial charge >= 0.3 is 0 Å². The molecular formula is C12H20FNO2. The first-order chi connectivity index (χ1) is 7.63. The van der Waals surface area contributed by atoms with Gasteiger partial charge in [0.2, 0.25) is 5.91 Å². The second-order valence-corrected chi connectivity index (χ2v) is 5.24. The molecule has 0 aromatic heterocycles. The van der Waals surface area contributed by atoms with Crippen LogP contribution in [0.4, 0.5) is 4.39 Å². The Balaban J connectivity index is 1.90. The van der Waals surface area contributed by atoms with Crippen molar-refractivity contribution in [3.05, 3.63) is 0 Å². The SMILES string of the molecule is CC(C)[C@@H]1OCC[C@H]1C(=O)N1CC(CF)C1. The fourth-order valence-corrected chi connectivity index (χ4v) is 2.61. The largest absolute Gasteiger partial charge is 0.377 e. The van der Waals surface area contributed by atoms with E-state index in [2.05, 4.69) is 13.8 Å². The second kappa shape index (κ2) is 4.70. The van der Waals surface area contributed by atoms with Crippen molar-refractivity contribution < 1.29 is 13.9 Å². The van der Waals surface area contributed by atoms with Gasteiger partial charge in [0.15, 0.2) is 0 Å². The highest BCUT2D eigenvalue weighted by Crippen LogP contribution is 2.30. The predicted molar refractivity (Wildman–Crippen MR) is 58.7 cm³/mol. The number of carbonyl (C=O) groups is 1. The summed E-state index contributed by atoms with van der Waals surface area (Å²) in [6.07, 6.45) is 0.871. The van der Waals surface area contributed by atoms with Crippen molar-refractivity contribution in [3.63, 3.8) is 0 Å². The molecule has 0 N–H and O–H groups in total. The molecule has 0 saturated carbocycles. The lowest BCUT2D eigenvalue weighted by Crippen LogP contribution is -2.54. The summed E-state index contributed by atoms with van der Waals surface area (Å²) >= 11 is 0. The van der Waals surface area contributed by atoms with Gasteiger partial charge in [0, 0.05) is 25.6 Å². The van der Waals surface area contributed by atoms with Crippen LogP contribution in [0.3, 0.4) is 0 Å². The molecule has 2 saturated heterocycles. The van der Waals surface area contributed by atoms with E-state index >= 15 is 0 Å². The minimum Gasteiger partial charge on any atom is -0.377 e. The van der Waals surface area contributed by atoms with E-state index in [0.29, 0.717) is 25.6 Å². The van der Waals surface area contributed by atoms with Gasteiger partial charge in [-0.3, -0.25) is 9.18 Å². The van der Waals surface area contributed by atoms with Crippen molar-refractivity contribution in [2.24, 2.45) is 17.8 Å². The fraction of sp³-hybridized carbons (Fsp3) is 0.917. The van der Waals surface area contributed by atoms with Crippen LogP contribution < -0.4 is 0 Å². The van der Waals surface area contributed by atoms with E-state index in [-0.39, 0.29) is 30.5 Å². The van der Waals surface area contributed by atoms with Gasteiger partial charge < -0.3 is 9.64 Å². The molecule has 16 heavy (non-hydrogen) atoms. The van der Waals surface area contributed by atoms with E-state index in [1.165, 1.54) is 0 Å². The lowest BCUT2D eigenvalue weighted by Gasteiger charge is -2.40. The third-order valence-corrected chi connectivity index (χ3v) is 3.60. The molecule has 0 aromatic rings. The highest BCUT2D eigenvalue weighted by atomic mass is 19.1. The number of carbonyl (C=O) groups excluding carboxylic acids is 1. The topological polar surface area (TPSA) is 29.5 Å². The van der Waals surface area contributed by atoms with Crippen LogP contribution in [0.1, 0.15) is 20.3 Å². The zero-order valence-electron chi connectivity index (χ0n) is 9.99. The number of rotatable bonds is 3. The molecule has 0 spiro atoms. The summed E-state index contributed by atoms with van der Waals surface area (Å²) in [5.74, 6) is 0.611. The van der Waals surface area contributed by atoms with Crippen LogP contribution in [0.25, 0.3) is 0 Å². The van der Waals surface area contributed by atoms with Gasteiger partial charge in [-0.15, -0.1) is 0 Å². The van der Waals surface area contributed by atoms with Gasteiger partial charge in [-0.1, -0.05) is 13.8 Å². The quantitative estimate of drug-likeness (QED) is 0.733. The Morgan fingerprint density at radius 2 is 2.19 bits per heavy atom. The van der Waals surface area contributed by atoms with Crippen LogP contribution in [0.15, 0.2) is 0 Å². The molecule has 0 unspecified atom stereocenters. The summed E-state index contributed by atoms with van der Waals surface area (Å²) in [6.45, 7) is 5.72. The van der Waals surface area contributed by atoms with E-state index in [0.717, 1.165) is 6.42 Å². The molecule has 1 amide bonds. The molecule has 0 aromatic carbocycles. The maximum absolute atomic E-state index is 12.3. The third kappa shape index (κ3) is 2.08.